The Morgan fingerprint density at radius 2 is 1.85 bits per heavy atom. The zero-order chi connectivity index (χ0) is 29.4. The van der Waals surface area contributed by atoms with Crippen molar-refractivity contribution in [2.24, 2.45) is 0 Å². The Hall–Kier alpha value is -4.05. The van der Waals surface area contributed by atoms with Crippen molar-refractivity contribution in [2.75, 3.05) is 11.4 Å². The fraction of sp³-hybridized carbons (Fsp3) is 0.393. The molecule has 2 atom stereocenters. The lowest BCUT2D eigenvalue weighted by Crippen LogP contribution is -2.42. The number of aryl methyl sites for hydroxylation is 3. The van der Waals surface area contributed by atoms with E-state index in [0.717, 1.165) is 23.8 Å². The van der Waals surface area contributed by atoms with Gasteiger partial charge in [0.2, 0.25) is 0 Å². The largest absolute Gasteiger partial charge is 0.425 e. The third-order valence-electron chi connectivity index (χ3n) is 7.33. The Balaban J connectivity index is 1.46. The molecule has 5 rings (SSSR count). The minimum Gasteiger partial charge on any atom is -0.425 e. The van der Waals surface area contributed by atoms with E-state index in [4.69, 9.17) is 4.74 Å². The number of sulfone groups is 1. The lowest BCUT2D eigenvalue weighted by Gasteiger charge is -2.27. The molecule has 1 N–H and O–H groups in total. The summed E-state index contributed by atoms with van der Waals surface area (Å²) in [7, 11) is -4.51. The van der Waals surface area contributed by atoms with E-state index in [1.54, 1.807) is 22.6 Å². The third-order valence-corrected chi connectivity index (χ3v) is 9.52. The number of hydrogen-bond acceptors (Lipinski definition) is 7. The highest BCUT2D eigenvalue weighted by Gasteiger charge is 2.48. The molecule has 1 aliphatic heterocycles. The highest BCUT2D eigenvalue weighted by atomic mass is 32.2. The molecule has 216 valence electrons. The zero-order valence-corrected chi connectivity index (χ0v) is 23.0. The summed E-state index contributed by atoms with van der Waals surface area (Å²) in [5.41, 5.74) is -0.588. The first-order valence-electron chi connectivity index (χ1n) is 13.1. The topological polar surface area (TPSA) is 117 Å². The number of alkyl carbamates (subject to hydrolysis) is 1. The first kappa shape index (κ1) is 28.5. The number of nitriles is 1. The summed E-state index contributed by atoms with van der Waals surface area (Å²) in [5, 5.41) is 15.1. The number of anilines is 1. The molecule has 0 unspecified atom stereocenters. The molecule has 2 aromatic carbocycles. The van der Waals surface area contributed by atoms with Crippen molar-refractivity contribution in [3.63, 3.8) is 0 Å². The number of hydrogen-bond donors (Lipinski definition) is 1. The number of nitrogens with one attached hydrogen (secondary N) is 1. The van der Waals surface area contributed by atoms with Gasteiger partial charge in [0.25, 0.3) is 0 Å². The molecule has 13 heteroatoms. The number of carbonyl (C=O) groups is 1. The van der Waals surface area contributed by atoms with Gasteiger partial charge in [-0.15, -0.1) is 0 Å². The van der Waals surface area contributed by atoms with E-state index in [-0.39, 0.29) is 13.0 Å². The maximum absolute atomic E-state index is 13.7. The molecule has 0 spiro atoms. The molecule has 0 bridgehead atoms. The number of rotatable bonds is 8. The van der Waals surface area contributed by atoms with E-state index in [1.165, 1.54) is 6.07 Å². The van der Waals surface area contributed by atoms with Crippen molar-refractivity contribution in [3.8, 4) is 6.07 Å². The zero-order valence-electron chi connectivity index (χ0n) is 22.1. The van der Waals surface area contributed by atoms with Crippen LogP contribution in [0.5, 0.6) is 0 Å². The smallest absolute Gasteiger partial charge is 0.417 e. The lowest BCUT2D eigenvalue weighted by molar-refractivity contribution is -0.139. The molecule has 1 saturated carbocycles. The summed E-state index contributed by atoms with van der Waals surface area (Å²) in [6.07, 6.45) is -5.65. The molecule has 41 heavy (non-hydrogen) atoms. The second-order valence-corrected chi connectivity index (χ2v) is 12.5. The highest BCUT2D eigenvalue weighted by Crippen LogP contribution is 2.39. The summed E-state index contributed by atoms with van der Waals surface area (Å²) in [6, 6.07) is 17.5. The second kappa shape index (κ2) is 10.7. The van der Waals surface area contributed by atoms with E-state index < -0.39 is 49.6 Å². The molecule has 1 amide bonds. The summed E-state index contributed by atoms with van der Waals surface area (Å²) in [5.74, 6) is 0.472. The third kappa shape index (κ3) is 6.02. The van der Waals surface area contributed by atoms with Crippen molar-refractivity contribution < 1.29 is 31.1 Å². The second-order valence-electron chi connectivity index (χ2n) is 10.3. The van der Waals surface area contributed by atoms with Gasteiger partial charge in [-0.3, -0.25) is 0 Å². The highest BCUT2D eigenvalue weighted by molar-refractivity contribution is 7.92. The lowest BCUT2D eigenvalue weighted by atomic mass is 10.1. The Labute approximate surface area is 235 Å². The SMILES string of the molecule is Cc1cc(N2C[C@H](S(=O)(=O)c3ccccc3C(F)(F)F)C[C@H]2OC(=O)NC2(C#N)CC2)n(CCc2ccccc2)n1. The van der Waals surface area contributed by atoms with Gasteiger partial charge in [-0.1, -0.05) is 42.5 Å². The first-order valence-corrected chi connectivity index (χ1v) is 14.6. The van der Waals surface area contributed by atoms with E-state index in [2.05, 4.69) is 10.4 Å². The maximum atomic E-state index is 13.7. The van der Waals surface area contributed by atoms with Crippen LogP contribution in [0.25, 0.3) is 0 Å². The van der Waals surface area contributed by atoms with E-state index >= 15 is 0 Å². The first-order chi connectivity index (χ1) is 19.4. The fourth-order valence-electron chi connectivity index (χ4n) is 5.02. The molecule has 9 nitrogen and oxygen atoms in total. The molecule has 0 radical (unpaired) electrons. The van der Waals surface area contributed by atoms with Crippen molar-refractivity contribution in [3.05, 3.63) is 77.5 Å². The van der Waals surface area contributed by atoms with Gasteiger partial charge in [0.1, 0.15) is 11.4 Å². The van der Waals surface area contributed by atoms with Crippen LogP contribution >= 0.6 is 0 Å². The van der Waals surface area contributed by atoms with E-state index in [0.29, 0.717) is 37.3 Å². The van der Waals surface area contributed by atoms with Gasteiger partial charge in [-0.05, 0) is 43.9 Å². The standard InChI is InChI=1S/C28H28F3N5O4S/c1-19-15-24(36(34-19)14-11-20-7-3-2-4-8-20)35-17-21(16-25(35)40-26(37)33-27(18-32)12-13-27)41(38,39)23-10-6-5-9-22(23)28(29,30)31/h2-10,15,21,25H,11-14,16-17H2,1H3,(H,33,37)/t21-,25-/m1/s1. The molecular weight excluding hydrogens is 559 g/mol. The van der Waals surface area contributed by atoms with E-state index in [1.807, 2.05) is 36.4 Å². The van der Waals surface area contributed by atoms with Crippen LogP contribution in [0.1, 0.15) is 36.1 Å². The Bertz CT molecular complexity index is 1580. The number of benzene rings is 2. The predicted molar refractivity (Wildman–Crippen MR) is 142 cm³/mol. The van der Waals surface area contributed by atoms with Gasteiger partial charge in [0, 0.05) is 25.6 Å². The molecule has 2 aliphatic rings. The van der Waals surface area contributed by atoms with Crippen LogP contribution in [0.15, 0.2) is 65.6 Å². The van der Waals surface area contributed by atoms with Crippen LogP contribution in [-0.2, 0) is 33.7 Å². The quantitative estimate of drug-likeness (QED) is 0.409. The summed E-state index contributed by atoms with van der Waals surface area (Å²) in [6.45, 7) is 1.96. The number of carbonyl (C=O) groups excluding carboxylic acids is 1. The van der Waals surface area contributed by atoms with E-state index in [9.17, 15) is 31.6 Å². The Kier molecular flexibility index (Phi) is 7.46. The maximum Gasteiger partial charge on any atom is 0.417 e. The van der Waals surface area contributed by atoms with Crippen molar-refractivity contribution in [1.82, 2.24) is 15.1 Å². The minimum absolute atomic E-state index is 0.230. The molecule has 3 aromatic rings. The normalized spacial score (nSPS) is 19.9. The van der Waals surface area contributed by atoms with Gasteiger partial charge in [-0.25, -0.2) is 17.9 Å². The van der Waals surface area contributed by atoms with Crippen LogP contribution in [0.4, 0.5) is 23.8 Å². The monoisotopic (exact) mass is 587 g/mol. The number of halogens is 3. The van der Waals surface area contributed by atoms with Gasteiger partial charge >= 0.3 is 12.3 Å². The number of ether oxygens (including phenoxy) is 1. The average molecular weight is 588 g/mol. The Morgan fingerprint density at radius 3 is 2.51 bits per heavy atom. The van der Waals surface area contributed by atoms with Gasteiger partial charge in [-0.2, -0.15) is 23.5 Å². The average Bonchev–Trinajstić information content (AvgIpc) is 3.41. The van der Waals surface area contributed by atoms with Crippen LogP contribution in [0.3, 0.4) is 0 Å². The van der Waals surface area contributed by atoms with Crippen molar-refractivity contribution in [2.45, 2.75) is 67.2 Å². The van der Waals surface area contributed by atoms with Gasteiger partial charge in [0.05, 0.1) is 27.5 Å². The fourth-order valence-corrected chi connectivity index (χ4v) is 6.91. The van der Waals surface area contributed by atoms with Crippen molar-refractivity contribution >= 4 is 21.7 Å². The van der Waals surface area contributed by atoms with Crippen LogP contribution in [0, 0.1) is 18.3 Å². The summed E-state index contributed by atoms with van der Waals surface area (Å²) >= 11 is 0. The molecule has 1 aliphatic carbocycles. The molecule has 2 fully saturated rings. The van der Waals surface area contributed by atoms with Crippen LogP contribution in [-0.4, -0.2) is 47.9 Å². The number of nitrogens with zero attached hydrogens (tertiary/aromatic N) is 4. The van der Waals surface area contributed by atoms with Crippen LogP contribution < -0.4 is 10.2 Å². The number of amides is 1. The molecule has 2 heterocycles. The number of aromatic nitrogens is 2. The van der Waals surface area contributed by atoms with Gasteiger partial charge < -0.3 is 15.0 Å². The summed E-state index contributed by atoms with van der Waals surface area (Å²) in [4.78, 5) is 13.5. The number of alkyl halides is 3. The predicted octanol–water partition coefficient (Wildman–Crippen LogP) is 4.61. The van der Waals surface area contributed by atoms with Crippen molar-refractivity contribution in [1.29, 1.82) is 5.26 Å². The van der Waals surface area contributed by atoms with Crippen LogP contribution in [0.2, 0.25) is 0 Å². The Morgan fingerprint density at radius 1 is 1.17 bits per heavy atom. The molecule has 1 saturated heterocycles. The minimum atomic E-state index is -4.87. The van der Waals surface area contributed by atoms with Gasteiger partial charge in [0.15, 0.2) is 16.1 Å². The molecule has 1 aromatic heterocycles. The summed E-state index contributed by atoms with van der Waals surface area (Å²) < 4.78 is 75.8. The molecular formula is C28H28F3N5O4S.